The molecule has 6 heteroatoms. The maximum atomic E-state index is 12.3. The summed E-state index contributed by atoms with van der Waals surface area (Å²) in [4.78, 5) is 16.7. The lowest BCUT2D eigenvalue weighted by Gasteiger charge is -2.31. The first-order valence-corrected chi connectivity index (χ1v) is 8.10. The van der Waals surface area contributed by atoms with Crippen LogP contribution in [0.5, 0.6) is 0 Å². The summed E-state index contributed by atoms with van der Waals surface area (Å²) >= 11 is 0. The molecular weight excluding hydrogens is 268 g/mol. The molecule has 2 heterocycles. The Morgan fingerprint density at radius 2 is 2.10 bits per heavy atom. The highest BCUT2D eigenvalue weighted by molar-refractivity contribution is 5.78. The van der Waals surface area contributed by atoms with Crippen LogP contribution >= 0.6 is 0 Å². The van der Waals surface area contributed by atoms with Crippen molar-refractivity contribution in [2.45, 2.75) is 38.0 Å². The fourth-order valence-electron chi connectivity index (χ4n) is 3.34. The Balaban J connectivity index is 1.77. The molecule has 2 aliphatic rings. The van der Waals surface area contributed by atoms with Crippen molar-refractivity contribution in [2.75, 3.05) is 53.4 Å². The Labute approximate surface area is 128 Å². The van der Waals surface area contributed by atoms with E-state index in [4.69, 9.17) is 4.74 Å². The molecule has 0 saturated carbocycles. The first-order valence-electron chi connectivity index (χ1n) is 8.10. The van der Waals surface area contributed by atoms with Crippen LogP contribution < -0.4 is 10.6 Å². The maximum Gasteiger partial charge on any atom is 0.234 e. The van der Waals surface area contributed by atoms with Crippen molar-refractivity contribution in [1.29, 1.82) is 0 Å². The molecular formula is C15H30N4O2. The highest BCUT2D eigenvalue weighted by atomic mass is 16.5. The van der Waals surface area contributed by atoms with Crippen molar-refractivity contribution in [3.05, 3.63) is 0 Å². The molecule has 0 radical (unpaired) electrons. The number of nitrogens with zero attached hydrogens (tertiary/aromatic N) is 2. The van der Waals surface area contributed by atoms with Gasteiger partial charge in [0.25, 0.3) is 0 Å². The summed E-state index contributed by atoms with van der Waals surface area (Å²) in [6, 6.07) is 0.634. The number of amides is 1. The van der Waals surface area contributed by atoms with Crippen molar-refractivity contribution >= 4 is 5.91 Å². The summed E-state index contributed by atoms with van der Waals surface area (Å²) in [6.45, 7) is 7.04. The molecule has 6 nitrogen and oxygen atoms in total. The van der Waals surface area contributed by atoms with Gasteiger partial charge < -0.3 is 20.3 Å². The summed E-state index contributed by atoms with van der Waals surface area (Å²) in [6.07, 6.45) is 2.36. The highest BCUT2D eigenvalue weighted by Crippen LogP contribution is 2.13. The average molecular weight is 298 g/mol. The minimum Gasteiger partial charge on any atom is -0.375 e. The van der Waals surface area contributed by atoms with E-state index in [0.717, 1.165) is 39.0 Å². The SMILES string of the molecule is CCO[C@H]1CN(C)C[C@@H]1NC(=O)CN(C)C1CCNCC1. The number of likely N-dealkylation sites (N-methyl/N-ethyl adjacent to an activating group) is 2. The van der Waals surface area contributed by atoms with Gasteiger partial charge in [0, 0.05) is 25.7 Å². The lowest BCUT2D eigenvalue weighted by Crippen LogP contribution is -2.50. The van der Waals surface area contributed by atoms with Gasteiger partial charge in [-0.15, -0.1) is 0 Å². The fraction of sp³-hybridized carbons (Fsp3) is 0.933. The summed E-state index contributed by atoms with van der Waals surface area (Å²) in [5.41, 5.74) is 0. The number of hydrogen-bond donors (Lipinski definition) is 2. The zero-order valence-electron chi connectivity index (χ0n) is 13.6. The van der Waals surface area contributed by atoms with Gasteiger partial charge in [-0.05, 0) is 47.0 Å². The lowest BCUT2D eigenvalue weighted by molar-refractivity contribution is -0.124. The molecule has 2 N–H and O–H groups in total. The number of piperidine rings is 1. The monoisotopic (exact) mass is 298 g/mol. The van der Waals surface area contributed by atoms with Gasteiger partial charge in [-0.2, -0.15) is 0 Å². The minimum absolute atomic E-state index is 0.112. The second-order valence-corrected chi connectivity index (χ2v) is 6.29. The van der Waals surface area contributed by atoms with E-state index in [-0.39, 0.29) is 18.1 Å². The summed E-state index contributed by atoms with van der Waals surface area (Å²) in [5.74, 6) is 0.112. The smallest absolute Gasteiger partial charge is 0.234 e. The Morgan fingerprint density at radius 1 is 1.38 bits per heavy atom. The van der Waals surface area contributed by atoms with E-state index in [1.807, 2.05) is 6.92 Å². The van der Waals surface area contributed by atoms with Crippen molar-refractivity contribution in [2.24, 2.45) is 0 Å². The first-order chi connectivity index (χ1) is 10.1. The molecule has 2 saturated heterocycles. The van der Waals surface area contributed by atoms with Gasteiger partial charge in [-0.1, -0.05) is 0 Å². The molecule has 1 amide bonds. The fourth-order valence-corrected chi connectivity index (χ4v) is 3.34. The van der Waals surface area contributed by atoms with E-state index >= 15 is 0 Å². The molecule has 0 aromatic carbocycles. The van der Waals surface area contributed by atoms with Gasteiger partial charge in [-0.3, -0.25) is 9.69 Å². The van der Waals surface area contributed by atoms with Gasteiger partial charge in [0.1, 0.15) is 0 Å². The molecule has 21 heavy (non-hydrogen) atoms. The quantitative estimate of drug-likeness (QED) is 0.693. The molecule has 122 valence electrons. The third-order valence-corrected chi connectivity index (χ3v) is 4.50. The molecule has 0 unspecified atom stereocenters. The van der Waals surface area contributed by atoms with E-state index in [0.29, 0.717) is 19.2 Å². The minimum atomic E-state index is 0.112. The molecule has 0 aromatic heterocycles. The van der Waals surface area contributed by atoms with Crippen molar-refractivity contribution in [1.82, 2.24) is 20.4 Å². The predicted molar refractivity (Wildman–Crippen MR) is 83.4 cm³/mol. The maximum absolute atomic E-state index is 12.3. The predicted octanol–water partition coefficient (Wildman–Crippen LogP) is -0.494. The summed E-state index contributed by atoms with van der Waals surface area (Å²) < 4.78 is 5.73. The molecule has 0 spiro atoms. The van der Waals surface area contributed by atoms with Crippen LogP contribution in [-0.2, 0) is 9.53 Å². The number of rotatable bonds is 6. The molecule has 2 atom stereocenters. The third kappa shape index (κ3) is 4.92. The molecule has 2 aliphatic heterocycles. The largest absolute Gasteiger partial charge is 0.375 e. The van der Waals surface area contributed by atoms with E-state index in [1.165, 1.54) is 0 Å². The zero-order chi connectivity index (χ0) is 15.2. The van der Waals surface area contributed by atoms with Crippen LogP contribution in [0.3, 0.4) is 0 Å². The van der Waals surface area contributed by atoms with E-state index in [2.05, 4.69) is 34.5 Å². The van der Waals surface area contributed by atoms with Crippen molar-refractivity contribution in [3.63, 3.8) is 0 Å². The van der Waals surface area contributed by atoms with Crippen LogP contribution in [0.2, 0.25) is 0 Å². The van der Waals surface area contributed by atoms with E-state index in [9.17, 15) is 4.79 Å². The van der Waals surface area contributed by atoms with Gasteiger partial charge in [0.05, 0.1) is 18.7 Å². The third-order valence-electron chi connectivity index (χ3n) is 4.50. The zero-order valence-corrected chi connectivity index (χ0v) is 13.6. The molecule has 2 rings (SSSR count). The van der Waals surface area contributed by atoms with Crippen LogP contribution in [-0.4, -0.2) is 87.3 Å². The summed E-state index contributed by atoms with van der Waals surface area (Å²) in [5, 5.41) is 6.51. The first kappa shape index (κ1) is 16.7. The van der Waals surface area contributed by atoms with Crippen LogP contribution in [0.1, 0.15) is 19.8 Å². The number of hydrogen-bond acceptors (Lipinski definition) is 5. The topological polar surface area (TPSA) is 56.8 Å². The number of carbonyl (C=O) groups excluding carboxylic acids is 1. The van der Waals surface area contributed by atoms with Gasteiger partial charge >= 0.3 is 0 Å². The van der Waals surface area contributed by atoms with Crippen molar-refractivity contribution in [3.8, 4) is 0 Å². The molecule has 0 aromatic rings. The number of likely N-dealkylation sites (tertiary alicyclic amines) is 1. The summed E-state index contributed by atoms with van der Waals surface area (Å²) in [7, 11) is 4.12. The highest BCUT2D eigenvalue weighted by Gasteiger charge is 2.32. The Kier molecular flexibility index (Phi) is 6.41. The van der Waals surface area contributed by atoms with Gasteiger partial charge in [-0.25, -0.2) is 0 Å². The molecule has 0 bridgehead atoms. The lowest BCUT2D eigenvalue weighted by atomic mass is 10.1. The van der Waals surface area contributed by atoms with E-state index < -0.39 is 0 Å². The second kappa shape index (κ2) is 8.08. The average Bonchev–Trinajstić information content (AvgIpc) is 2.80. The van der Waals surface area contributed by atoms with E-state index in [1.54, 1.807) is 0 Å². The van der Waals surface area contributed by atoms with Gasteiger partial charge in [0.15, 0.2) is 0 Å². The number of carbonyl (C=O) groups is 1. The molecule has 2 fully saturated rings. The van der Waals surface area contributed by atoms with Crippen molar-refractivity contribution < 1.29 is 9.53 Å². The van der Waals surface area contributed by atoms with Crippen LogP contribution in [0.15, 0.2) is 0 Å². The Hall–Kier alpha value is -0.690. The standard InChI is InChI=1S/C15H30N4O2/c1-4-21-14-10-18(2)9-13(14)17-15(20)11-19(3)12-5-7-16-8-6-12/h12-14,16H,4-11H2,1-3H3,(H,17,20)/t13-,14-/m0/s1. The van der Waals surface area contributed by atoms with Gasteiger partial charge in [0.2, 0.25) is 5.91 Å². The number of ether oxygens (including phenoxy) is 1. The Bertz CT molecular complexity index is 334. The Morgan fingerprint density at radius 3 is 2.76 bits per heavy atom. The molecule has 0 aliphatic carbocycles. The number of nitrogens with one attached hydrogen (secondary N) is 2. The van der Waals surface area contributed by atoms with Crippen LogP contribution in [0.25, 0.3) is 0 Å². The van der Waals surface area contributed by atoms with Crippen LogP contribution in [0.4, 0.5) is 0 Å². The second-order valence-electron chi connectivity index (χ2n) is 6.29. The van der Waals surface area contributed by atoms with Crippen LogP contribution in [0, 0.1) is 0 Å². The normalized spacial score (nSPS) is 28.2.